The molecular formula is C12H16N2O4. The van der Waals surface area contributed by atoms with Crippen LogP contribution in [0, 0.1) is 5.92 Å². The van der Waals surface area contributed by atoms with Crippen molar-refractivity contribution < 1.29 is 14.3 Å². The van der Waals surface area contributed by atoms with E-state index in [-0.39, 0.29) is 17.0 Å². The molecule has 0 spiro atoms. The van der Waals surface area contributed by atoms with Crippen LogP contribution in [0.5, 0.6) is 0 Å². The van der Waals surface area contributed by atoms with Crippen LogP contribution < -0.4 is 10.9 Å². The van der Waals surface area contributed by atoms with Crippen LogP contribution in [-0.2, 0) is 9.53 Å². The Bertz CT molecular complexity index is 473. The smallest absolute Gasteiger partial charge is 0.328 e. The minimum absolute atomic E-state index is 0.0934. The van der Waals surface area contributed by atoms with E-state index in [0.717, 1.165) is 0 Å². The number of carbonyl (C=O) groups excluding carboxylic acids is 2. The second kappa shape index (κ2) is 6.00. The molecule has 18 heavy (non-hydrogen) atoms. The van der Waals surface area contributed by atoms with Gasteiger partial charge in [-0.15, -0.1) is 0 Å². The zero-order valence-electron chi connectivity index (χ0n) is 10.5. The first kappa shape index (κ1) is 14.0. The van der Waals surface area contributed by atoms with Crippen LogP contribution in [0.3, 0.4) is 0 Å². The van der Waals surface area contributed by atoms with E-state index >= 15 is 0 Å². The van der Waals surface area contributed by atoms with Crippen molar-refractivity contribution in [2.24, 2.45) is 5.92 Å². The number of ether oxygens (including phenoxy) is 1. The minimum Gasteiger partial charge on any atom is -0.467 e. The van der Waals surface area contributed by atoms with Gasteiger partial charge in [-0.1, -0.05) is 13.8 Å². The molecule has 0 aliphatic rings. The van der Waals surface area contributed by atoms with E-state index in [1.165, 1.54) is 25.4 Å². The third-order valence-corrected chi connectivity index (χ3v) is 2.45. The molecule has 0 aromatic carbocycles. The van der Waals surface area contributed by atoms with Gasteiger partial charge in [-0.25, -0.2) is 4.79 Å². The van der Waals surface area contributed by atoms with E-state index in [4.69, 9.17) is 0 Å². The number of amides is 1. The van der Waals surface area contributed by atoms with Gasteiger partial charge < -0.3 is 15.0 Å². The molecule has 1 amide bonds. The zero-order valence-corrected chi connectivity index (χ0v) is 10.5. The van der Waals surface area contributed by atoms with Crippen molar-refractivity contribution in [1.82, 2.24) is 10.3 Å². The van der Waals surface area contributed by atoms with E-state index in [1.807, 2.05) is 0 Å². The number of carbonyl (C=O) groups is 2. The highest BCUT2D eigenvalue weighted by atomic mass is 16.5. The van der Waals surface area contributed by atoms with E-state index in [1.54, 1.807) is 13.8 Å². The third kappa shape index (κ3) is 3.44. The molecule has 2 N–H and O–H groups in total. The lowest BCUT2D eigenvalue weighted by atomic mass is 10.0. The number of nitrogens with one attached hydrogen (secondary N) is 2. The Morgan fingerprint density at radius 3 is 2.44 bits per heavy atom. The summed E-state index contributed by atoms with van der Waals surface area (Å²) in [5, 5.41) is 2.57. The highest BCUT2D eigenvalue weighted by Gasteiger charge is 2.25. The SMILES string of the molecule is COC(=O)C(NC(=O)c1ccc(=O)[nH]c1)C(C)C. The van der Waals surface area contributed by atoms with Crippen LogP contribution in [0.15, 0.2) is 23.1 Å². The summed E-state index contributed by atoms with van der Waals surface area (Å²) >= 11 is 0. The van der Waals surface area contributed by atoms with E-state index in [2.05, 4.69) is 15.0 Å². The molecule has 1 aromatic rings. The minimum atomic E-state index is -0.713. The van der Waals surface area contributed by atoms with Gasteiger partial charge in [0, 0.05) is 12.3 Å². The average Bonchev–Trinajstić information content (AvgIpc) is 2.35. The first-order chi connectivity index (χ1) is 8.45. The maximum Gasteiger partial charge on any atom is 0.328 e. The maximum absolute atomic E-state index is 11.9. The quantitative estimate of drug-likeness (QED) is 0.754. The number of rotatable bonds is 4. The Labute approximate surface area is 104 Å². The molecule has 1 atom stereocenters. The van der Waals surface area contributed by atoms with Gasteiger partial charge in [-0.2, -0.15) is 0 Å². The molecule has 0 fully saturated rings. The van der Waals surface area contributed by atoms with Crippen molar-refractivity contribution in [3.05, 3.63) is 34.2 Å². The van der Waals surface area contributed by atoms with Gasteiger partial charge in [0.15, 0.2) is 0 Å². The number of esters is 1. The van der Waals surface area contributed by atoms with E-state index in [9.17, 15) is 14.4 Å². The summed E-state index contributed by atoms with van der Waals surface area (Å²) in [6.07, 6.45) is 1.30. The lowest BCUT2D eigenvalue weighted by Crippen LogP contribution is -2.45. The highest BCUT2D eigenvalue weighted by Crippen LogP contribution is 2.05. The summed E-state index contributed by atoms with van der Waals surface area (Å²) < 4.78 is 4.62. The first-order valence-corrected chi connectivity index (χ1v) is 5.53. The van der Waals surface area contributed by atoms with Crippen LogP contribution in [0.1, 0.15) is 24.2 Å². The Hall–Kier alpha value is -2.11. The zero-order chi connectivity index (χ0) is 13.7. The second-order valence-electron chi connectivity index (χ2n) is 4.16. The van der Waals surface area contributed by atoms with Gasteiger partial charge in [-0.3, -0.25) is 9.59 Å². The Kier molecular flexibility index (Phi) is 4.65. The summed E-state index contributed by atoms with van der Waals surface area (Å²) in [5.41, 5.74) is -0.0101. The number of pyridine rings is 1. The Balaban J connectivity index is 2.81. The van der Waals surface area contributed by atoms with Crippen molar-refractivity contribution in [2.75, 3.05) is 7.11 Å². The summed E-state index contributed by atoms with van der Waals surface area (Å²) in [6.45, 7) is 3.60. The summed E-state index contributed by atoms with van der Waals surface area (Å²) in [5.74, 6) is -1.03. The molecule has 1 rings (SSSR count). The molecule has 0 aliphatic heterocycles. The fourth-order valence-corrected chi connectivity index (χ4v) is 1.40. The average molecular weight is 252 g/mol. The molecule has 0 saturated carbocycles. The molecule has 0 radical (unpaired) electrons. The van der Waals surface area contributed by atoms with Crippen molar-refractivity contribution in [3.8, 4) is 0 Å². The van der Waals surface area contributed by atoms with Crippen LogP contribution in [0.25, 0.3) is 0 Å². The lowest BCUT2D eigenvalue weighted by Gasteiger charge is -2.19. The molecule has 1 aromatic heterocycles. The fourth-order valence-electron chi connectivity index (χ4n) is 1.40. The van der Waals surface area contributed by atoms with Gasteiger partial charge in [0.1, 0.15) is 6.04 Å². The summed E-state index contributed by atoms with van der Waals surface area (Å²) in [6, 6.07) is 1.93. The van der Waals surface area contributed by atoms with Crippen LogP contribution in [0.4, 0.5) is 0 Å². The van der Waals surface area contributed by atoms with E-state index in [0.29, 0.717) is 0 Å². The van der Waals surface area contributed by atoms with Crippen LogP contribution >= 0.6 is 0 Å². The van der Waals surface area contributed by atoms with Gasteiger partial charge in [0.05, 0.1) is 12.7 Å². The number of methoxy groups -OCH3 is 1. The molecular weight excluding hydrogens is 236 g/mol. The summed E-state index contributed by atoms with van der Waals surface area (Å²) in [7, 11) is 1.27. The standard InChI is InChI=1S/C12H16N2O4/c1-7(2)10(12(17)18-3)14-11(16)8-4-5-9(15)13-6-8/h4-7,10H,1-3H3,(H,13,15)(H,14,16). The topological polar surface area (TPSA) is 88.3 Å². The molecule has 1 unspecified atom stereocenters. The lowest BCUT2D eigenvalue weighted by molar-refractivity contribution is -0.144. The molecule has 6 heteroatoms. The van der Waals surface area contributed by atoms with Gasteiger partial charge in [0.25, 0.3) is 5.91 Å². The van der Waals surface area contributed by atoms with Crippen LogP contribution in [0.2, 0.25) is 0 Å². The normalized spacial score (nSPS) is 12.0. The molecule has 0 bridgehead atoms. The van der Waals surface area contributed by atoms with Crippen molar-refractivity contribution in [2.45, 2.75) is 19.9 Å². The van der Waals surface area contributed by atoms with Gasteiger partial charge in [-0.05, 0) is 12.0 Å². The van der Waals surface area contributed by atoms with Crippen molar-refractivity contribution in [1.29, 1.82) is 0 Å². The Morgan fingerprint density at radius 1 is 1.33 bits per heavy atom. The first-order valence-electron chi connectivity index (χ1n) is 5.53. The number of H-pyrrole nitrogens is 1. The molecule has 98 valence electrons. The van der Waals surface area contributed by atoms with E-state index < -0.39 is 17.9 Å². The molecule has 0 aliphatic carbocycles. The highest BCUT2D eigenvalue weighted by molar-refractivity contribution is 5.96. The molecule has 6 nitrogen and oxygen atoms in total. The van der Waals surface area contributed by atoms with Gasteiger partial charge in [0.2, 0.25) is 5.56 Å². The predicted molar refractivity (Wildman–Crippen MR) is 65.2 cm³/mol. The fraction of sp³-hybridized carbons (Fsp3) is 0.417. The van der Waals surface area contributed by atoms with Crippen LogP contribution in [-0.4, -0.2) is 30.0 Å². The monoisotopic (exact) mass is 252 g/mol. The number of aromatic nitrogens is 1. The van der Waals surface area contributed by atoms with Gasteiger partial charge >= 0.3 is 5.97 Å². The van der Waals surface area contributed by atoms with Crippen molar-refractivity contribution in [3.63, 3.8) is 0 Å². The molecule has 0 saturated heterocycles. The summed E-state index contributed by atoms with van der Waals surface area (Å²) in [4.78, 5) is 36.6. The Morgan fingerprint density at radius 2 is 2.00 bits per heavy atom. The number of hydrogen-bond acceptors (Lipinski definition) is 4. The largest absolute Gasteiger partial charge is 0.467 e. The predicted octanol–water partition coefficient (Wildman–Crippen LogP) is 0.302. The second-order valence-corrected chi connectivity index (χ2v) is 4.16. The third-order valence-electron chi connectivity index (χ3n) is 2.45. The molecule has 1 heterocycles. The van der Waals surface area contributed by atoms with Crippen molar-refractivity contribution >= 4 is 11.9 Å². The number of hydrogen-bond donors (Lipinski definition) is 2. The maximum atomic E-state index is 11.9. The number of aromatic amines is 1.